The topological polar surface area (TPSA) is 53.0 Å². The Morgan fingerprint density at radius 2 is 2.00 bits per heavy atom. The van der Waals surface area contributed by atoms with Crippen molar-refractivity contribution in [2.75, 3.05) is 46.5 Å². The van der Waals surface area contributed by atoms with E-state index < -0.39 is 0 Å². The normalized spacial score (nSPS) is 16.2. The smallest absolute Gasteiger partial charge is 0.319 e. The molecule has 1 fully saturated rings. The molecule has 1 rings (SSSR count). The van der Waals surface area contributed by atoms with Gasteiger partial charge in [-0.2, -0.15) is 0 Å². The molecule has 2 amide bonds. The number of carbonyl (C=O) groups excluding carboxylic acids is 1. The van der Waals surface area contributed by atoms with Crippen molar-refractivity contribution in [2.24, 2.45) is 0 Å². The third-order valence-corrected chi connectivity index (χ3v) is 2.76. The van der Waals surface area contributed by atoms with Crippen LogP contribution >= 0.6 is 0 Å². The minimum atomic E-state index is 0.0901. The first-order valence-corrected chi connectivity index (χ1v) is 5.94. The predicted octanol–water partition coefficient (Wildman–Crippen LogP) is 0.533. The number of amides is 2. The molecule has 1 aliphatic heterocycles. The van der Waals surface area contributed by atoms with Gasteiger partial charge in [0.25, 0.3) is 0 Å². The molecule has 0 atom stereocenters. The van der Waals surface area contributed by atoms with E-state index in [1.165, 1.54) is 0 Å². The first-order chi connectivity index (χ1) is 7.75. The van der Waals surface area contributed by atoms with Crippen molar-refractivity contribution in [2.45, 2.75) is 19.3 Å². The second kappa shape index (κ2) is 7.46. The SMILES string of the molecule is CN(CCCCCO)C(=O)N1CCOCC1. The number of rotatable bonds is 5. The highest BCUT2D eigenvalue weighted by atomic mass is 16.5. The van der Waals surface area contributed by atoms with E-state index in [0.717, 1.165) is 25.8 Å². The number of carbonyl (C=O) groups is 1. The number of aliphatic hydroxyl groups excluding tert-OH is 1. The molecule has 0 aromatic rings. The molecule has 5 heteroatoms. The lowest BCUT2D eigenvalue weighted by atomic mass is 10.2. The summed E-state index contributed by atoms with van der Waals surface area (Å²) >= 11 is 0. The molecule has 1 aliphatic rings. The van der Waals surface area contributed by atoms with Gasteiger partial charge in [0.15, 0.2) is 0 Å². The van der Waals surface area contributed by atoms with Gasteiger partial charge in [-0.25, -0.2) is 4.79 Å². The second-order valence-corrected chi connectivity index (χ2v) is 4.09. The van der Waals surface area contributed by atoms with E-state index >= 15 is 0 Å². The van der Waals surface area contributed by atoms with Crippen LogP contribution < -0.4 is 0 Å². The van der Waals surface area contributed by atoms with Crippen LogP contribution in [0.3, 0.4) is 0 Å². The summed E-state index contributed by atoms with van der Waals surface area (Å²) in [5, 5.41) is 8.64. The highest BCUT2D eigenvalue weighted by Gasteiger charge is 2.19. The van der Waals surface area contributed by atoms with Gasteiger partial charge in [-0.05, 0) is 19.3 Å². The first kappa shape index (κ1) is 13.3. The van der Waals surface area contributed by atoms with Crippen LogP contribution in [0.5, 0.6) is 0 Å². The summed E-state index contributed by atoms with van der Waals surface area (Å²) in [7, 11) is 1.83. The number of hydrogen-bond donors (Lipinski definition) is 1. The Hall–Kier alpha value is -0.810. The third kappa shape index (κ3) is 4.37. The molecule has 0 spiro atoms. The monoisotopic (exact) mass is 230 g/mol. The Labute approximate surface area is 97.0 Å². The van der Waals surface area contributed by atoms with Crippen molar-refractivity contribution < 1.29 is 14.6 Å². The zero-order valence-corrected chi connectivity index (χ0v) is 10.0. The molecule has 16 heavy (non-hydrogen) atoms. The number of hydrogen-bond acceptors (Lipinski definition) is 3. The summed E-state index contributed by atoms with van der Waals surface area (Å²) in [5.41, 5.74) is 0. The number of nitrogens with zero attached hydrogens (tertiary/aromatic N) is 2. The van der Waals surface area contributed by atoms with Gasteiger partial charge < -0.3 is 19.6 Å². The van der Waals surface area contributed by atoms with Crippen LogP contribution in [0.4, 0.5) is 4.79 Å². The summed E-state index contributed by atoms with van der Waals surface area (Å²) in [6.45, 7) is 3.67. The van der Waals surface area contributed by atoms with Crippen LogP contribution in [0, 0.1) is 0 Å². The van der Waals surface area contributed by atoms with Crippen LogP contribution in [0.2, 0.25) is 0 Å². The summed E-state index contributed by atoms with van der Waals surface area (Å²) in [6.07, 6.45) is 2.74. The number of unbranched alkanes of at least 4 members (excludes halogenated alkanes) is 2. The highest BCUT2D eigenvalue weighted by Crippen LogP contribution is 2.04. The molecule has 0 aliphatic carbocycles. The fourth-order valence-corrected chi connectivity index (χ4v) is 1.73. The van der Waals surface area contributed by atoms with Crippen molar-refractivity contribution in [1.82, 2.24) is 9.80 Å². The summed E-state index contributed by atoms with van der Waals surface area (Å²) < 4.78 is 5.20. The van der Waals surface area contributed by atoms with Gasteiger partial charge in [-0.3, -0.25) is 0 Å². The lowest BCUT2D eigenvalue weighted by Crippen LogP contribution is -2.47. The van der Waals surface area contributed by atoms with E-state index in [4.69, 9.17) is 9.84 Å². The van der Waals surface area contributed by atoms with Gasteiger partial charge in [-0.1, -0.05) is 0 Å². The Morgan fingerprint density at radius 3 is 2.62 bits per heavy atom. The Kier molecular flexibility index (Phi) is 6.18. The van der Waals surface area contributed by atoms with Crippen LogP contribution in [0.25, 0.3) is 0 Å². The van der Waals surface area contributed by atoms with Crippen molar-refractivity contribution in [3.8, 4) is 0 Å². The summed E-state index contributed by atoms with van der Waals surface area (Å²) in [6, 6.07) is 0.0901. The number of aliphatic hydroxyl groups is 1. The molecule has 1 heterocycles. The first-order valence-electron chi connectivity index (χ1n) is 5.94. The summed E-state index contributed by atoms with van der Waals surface area (Å²) in [4.78, 5) is 15.5. The van der Waals surface area contributed by atoms with E-state index in [0.29, 0.717) is 26.3 Å². The van der Waals surface area contributed by atoms with Gasteiger partial charge in [0.1, 0.15) is 0 Å². The predicted molar refractivity (Wildman–Crippen MR) is 61.4 cm³/mol. The Bertz CT molecular complexity index is 205. The molecule has 0 radical (unpaired) electrons. The van der Waals surface area contributed by atoms with Gasteiger partial charge >= 0.3 is 6.03 Å². The fourth-order valence-electron chi connectivity index (χ4n) is 1.73. The highest BCUT2D eigenvalue weighted by molar-refractivity contribution is 5.74. The maximum Gasteiger partial charge on any atom is 0.319 e. The molecule has 1 saturated heterocycles. The Morgan fingerprint density at radius 1 is 1.31 bits per heavy atom. The van der Waals surface area contributed by atoms with Crippen LogP contribution in [0.15, 0.2) is 0 Å². The van der Waals surface area contributed by atoms with Gasteiger partial charge in [0.05, 0.1) is 13.2 Å². The largest absolute Gasteiger partial charge is 0.396 e. The Balaban J connectivity index is 2.18. The molecule has 0 unspecified atom stereocenters. The van der Waals surface area contributed by atoms with Crippen molar-refractivity contribution in [3.63, 3.8) is 0 Å². The van der Waals surface area contributed by atoms with Gasteiger partial charge in [0, 0.05) is 33.3 Å². The molecular weight excluding hydrogens is 208 g/mol. The fraction of sp³-hybridized carbons (Fsp3) is 0.909. The average molecular weight is 230 g/mol. The van der Waals surface area contributed by atoms with Gasteiger partial charge in [-0.15, -0.1) is 0 Å². The number of ether oxygens (including phenoxy) is 1. The molecule has 94 valence electrons. The van der Waals surface area contributed by atoms with E-state index in [2.05, 4.69) is 0 Å². The lowest BCUT2D eigenvalue weighted by Gasteiger charge is -2.31. The lowest BCUT2D eigenvalue weighted by molar-refractivity contribution is 0.0452. The zero-order valence-electron chi connectivity index (χ0n) is 10.0. The van der Waals surface area contributed by atoms with E-state index in [9.17, 15) is 4.79 Å². The van der Waals surface area contributed by atoms with Gasteiger partial charge in [0.2, 0.25) is 0 Å². The number of morpholine rings is 1. The van der Waals surface area contributed by atoms with E-state index in [1.54, 1.807) is 4.90 Å². The molecule has 0 saturated carbocycles. The third-order valence-electron chi connectivity index (χ3n) is 2.76. The molecular formula is C11H22N2O3. The molecule has 5 nitrogen and oxygen atoms in total. The number of urea groups is 1. The minimum absolute atomic E-state index is 0.0901. The molecule has 0 aromatic carbocycles. The molecule has 1 N–H and O–H groups in total. The maximum atomic E-state index is 11.9. The minimum Gasteiger partial charge on any atom is -0.396 e. The maximum absolute atomic E-state index is 11.9. The average Bonchev–Trinajstić information content (AvgIpc) is 2.34. The summed E-state index contributed by atoms with van der Waals surface area (Å²) in [5.74, 6) is 0. The quantitative estimate of drug-likeness (QED) is 0.701. The zero-order chi connectivity index (χ0) is 11.8. The molecule has 0 bridgehead atoms. The van der Waals surface area contributed by atoms with E-state index in [1.807, 2.05) is 11.9 Å². The second-order valence-electron chi connectivity index (χ2n) is 4.09. The standard InChI is InChI=1S/C11H22N2O3/c1-12(5-3-2-4-8-14)11(15)13-6-9-16-10-7-13/h14H,2-10H2,1H3. The van der Waals surface area contributed by atoms with Crippen LogP contribution in [-0.4, -0.2) is 67.4 Å². The van der Waals surface area contributed by atoms with E-state index in [-0.39, 0.29) is 12.6 Å². The molecule has 0 aromatic heterocycles. The van der Waals surface area contributed by atoms with Crippen LogP contribution in [-0.2, 0) is 4.74 Å². The van der Waals surface area contributed by atoms with Crippen molar-refractivity contribution >= 4 is 6.03 Å². The van der Waals surface area contributed by atoms with Crippen LogP contribution in [0.1, 0.15) is 19.3 Å². The van der Waals surface area contributed by atoms with Crippen molar-refractivity contribution in [3.05, 3.63) is 0 Å². The van der Waals surface area contributed by atoms with Crippen molar-refractivity contribution in [1.29, 1.82) is 0 Å².